The molecule has 164 valence electrons. The van der Waals surface area contributed by atoms with Crippen molar-refractivity contribution in [3.05, 3.63) is 76.8 Å². The number of amides is 1. The summed E-state index contributed by atoms with van der Waals surface area (Å²) in [5.74, 6) is -0.186. The minimum absolute atomic E-state index is 0.00623. The van der Waals surface area contributed by atoms with Gasteiger partial charge in [0.2, 0.25) is 5.95 Å². The Balaban J connectivity index is 1.54. The van der Waals surface area contributed by atoms with Crippen LogP contribution >= 0.6 is 0 Å². The minimum atomic E-state index is -3.87. The van der Waals surface area contributed by atoms with E-state index in [4.69, 9.17) is 4.42 Å². The zero-order valence-electron chi connectivity index (χ0n) is 18.1. The molecule has 4 rings (SSSR count). The van der Waals surface area contributed by atoms with Crippen molar-refractivity contribution in [3.8, 4) is 0 Å². The average molecular weight is 451 g/mol. The van der Waals surface area contributed by atoms with Crippen LogP contribution in [0, 0.1) is 27.7 Å². The number of carbonyl (C=O) groups excluding carboxylic acids is 1. The molecule has 32 heavy (non-hydrogen) atoms. The molecule has 9 heteroatoms. The van der Waals surface area contributed by atoms with Crippen molar-refractivity contribution in [2.45, 2.75) is 32.6 Å². The van der Waals surface area contributed by atoms with Gasteiger partial charge >= 0.3 is 0 Å². The molecule has 2 heterocycles. The van der Waals surface area contributed by atoms with Crippen LogP contribution in [0.2, 0.25) is 0 Å². The lowest BCUT2D eigenvalue weighted by molar-refractivity contribution is 0.0998. The summed E-state index contributed by atoms with van der Waals surface area (Å²) >= 11 is 0. The number of aromatic nitrogens is 2. The van der Waals surface area contributed by atoms with Gasteiger partial charge in [0.15, 0.2) is 5.76 Å². The Labute approximate surface area is 185 Å². The Morgan fingerprint density at radius 3 is 2.41 bits per heavy atom. The minimum Gasteiger partial charge on any atom is -0.451 e. The van der Waals surface area contributed by atoms with Crippen molar-refractivity contribution < 1.29 is 17.6 Å². The van der Waals surface area contributed by atoms with Crippen LogP contribution in [-0.2, 0) is 10.0 Å². The Morgan fingerprint density at radius 2 is 1.72 bits per heavy atom. The Morgan fingerprint density at radius 1 is 1.00 bits per heavy atom. The number of sulfonamides is 1. The third-order valence-corrected chi connectivity index (χ3v) is 6.36. The SMILES string of the molecule is Cc1cc(C)c2c(C)c(C(=O)Nc3ccc(S(=O)(=O)Nc4nccc(C)n4)cc3)oc2c1. The summed E-state index contributed by atoms with van der Waals surface area (Å²) in [6, 6.07) is 11.4. The molecule has 2 aromatic carbocycles. The fourth-order valence-corrected chi connectivity index (χ4v) is 4.54. The normalized spacial score (nSPS) is 11.5. The van der Waals surface area contributed by atoms with Gasteiger partial charge in [0, 0.05) is 28.5 Å². The number of furan rings is 1. The molecule has 2 N–H and O–H groups in total. The van der Waals surface area contributed by atoms with Crippen molar-refractivity contribution in [3.63, 3.8) is 0 Å². The molecule has 0 bridgehead atoms. The lowest BCUT2D eigenvalue weighted by atomic mass is 10.0. The van der Waals surface area contributed by atoms with Gasteiger partial charge in [-0.3, -0.25) is 4.79 Å². The number of anilines is 2. The second-order valence-corrected chi connectivity index (χ2v) is 9.30. The van der Waals surface area contributed by atoms with Crippen LogP contribution in [0.5, 0.6) is 0 Å². The van der Waals surface area contributed by atoms with Gasteiger partial charge < -0.3 is 9.73 Å². The van der Waals surface area contributed by atoms with Crippen LogP contribution in [0.15, 0.2) is 58.0 Å². The van der Waals surface area contributed by atoms with Crippen molar-refractivity contribution in [2.75, 3.05) is 10.0 Å². The Kier molecular flexibility index (Phi) is 5.43. The Bertz CT molecular complexity index is 1440. The van der Waals surface area contributed by atoms with Gasteiger partial charge in [-0.1, -0.05) is 6.07 Å². The lowest BCUT2D eigenvalue weighted by Crippen LogP contribution is -2.16. The lowest BCUT2D eigenvalue weighted by Gasteiger charge is -2.08. The van der Waals surface area contributed by atoms with Gasteiger partial charge in [-0.15, -0.1) is 0 Å². The molecule has 4 aromatic rings. The summed E-state index contributed by atoms with van der Waals surface area (Å²) in [6.07, 6.45) is 1.47. The van der Waals surface area contributed by atoms with Crippen LogP contribution in [0.4, 0.5) is 11.6 Å². The molecule has 2 aromatic heterocycles. The molecule has 0 spiro atoms. The molecule has 0 aliphatic rings. The van der Waals surface area contributed by atoms with Crippen LogP contribution in [0.3, 0.4) is 0 Å². The zero-order valence-corrected chi connectivity index (χ0v) is 18.9. The third-order valence-electron chi connectivity index (χ3n) is 5.02. The topological polar surface area (TPSA) is 114 Å². The van der Waals surface area contributed by atoms with Gasteiger partial charge in [-0.25, -0.2) is 23.1 Å². The van der Waals surface area contributed by atoms with Crippen LogP contribution in [0.1, 0.15) is 32.9 Å². The quantitative estimate of drug-likeness (QED) is 0.462. The summed E-state index contributed by atoms with van der Waals surface area (Å²) in [6.45, 7) is 7.54. The zero-order chi connectivity index (χ0) is 23.0. The molecule has 8 nitrogen and oxygen atoms in total. The smallest absolute Gasteiger partial charge is 0.291 e. The summed E-state index contributed by atoms with van der Waals surface area (Å²) < 4.78 is 33.3. The van der Waals surface area contributed by atoms with Crippen molar-refractivity contribution in [2.24, 2.45) is 0 Å². The van der Waals surface area contributed by atoms with E-state index in [-0.39, 0.29) is 16.6 Å². The van der Waals surface area contributed by atoms with E-state index in [0.29, 0.717) is 17.0 Å². The highest BCUT2D eigenvalue weighted by Gasteiger charge is 2.20. The van der Waals surface area contributed by atoms with E-state index in [9.17, 15) is 13.2 Å². The maximum atomic E-state index is 12.8. The summed E-state index contributed by atoms with van der Waals surface area (Å²) in [5, 5.41) is 3.68. The van der Waals surface area contributed by atoms with Crippen molar-refractivity contribution in [1.82, 2.24) is 9.97 Å². The highest BCUT2D eigenvalue weighted by molar-refractivity contribution is 7.92. The number of hydrogen-bond acceptors (Lipinski definition) is 6. The highest BCUT2D eigenvalue weighted by Crippen LogP contribution is 2.30. The van der Waals surface area contributed by atoms with E-state index in [1.165, 1.54) is 30.5 Å². The average Bonchev–Trinajstić information content (AvgIpc) is 3.04. The summed E-state index contributed by atoms with van der Waals surface area (Å²) in [5.41, 5.74) is 4.60. The fraction of sp³-hybridized carbons (Fsp3) is 0.174. The molecule has 0 radical (unpaired) electrons. The number of nitrogens with one attached hydrogen (secondary N) is 2. The van der Waals surface area contributed by atoms with Gasteiger partial charge in [-0.05, 0) is 75.2 Å². The number of fused-ring (bicyclic) bond motifs is 1. The number of carbonyl (C=O) groups is 1. The van der Waals surface area contributed by atoms with E-state index in [2.05, 4.69) is 20.0 Å². The van der Waals surface area contributed by atoms with E-state index < -0.39 is 15.9 Å². The molecule has 0 atom stereocenters. The monoisotopic (exact) mass is 450 g/mol. The number of benzene rings is 2. The molecule has 0 aliphatic carbocycles. The molecular weight excluding hydrogens is 428 g/mol. The first-order valence-electron chi connectivity index (χ1n) is 9.88. The second-order valence-electron chi connectivity index (χ2n) is 7.62. The van der Waals surface area contributed by atoms with E-state index >= 15 is 0 Å². The van der Waals surface area contributed by atoms with E-state index in [1.807, 2.05) is 32.9 Å². The molecule has 0 unspecified atom stereocenters. The molecule has 0 aliphatic heterocycles. The third kappa shape index (κ3) is 4.19. The van der Waals surface area contributed by atoms with Crippen LogP contribution in [0.25, 0.3) is 11.0 Å². The molecule has 0 fully saturated rings. The first-order valence-corrected chi connectivity index (χ1v) is 11.4. The summed E-state index contributed by atoms with van der Waals surface area (Å²) in [7, 11) is -3.87. The van der Waals surface area contributed by atoms with E-state index in [1.54, 1.807) is 13.0 Å². The first kappa shape index (κ1) is 21.5. The van der Waals surface area contributed by atoms with Gasteiger partial charge in [0.1, 0.15) is 5.58 Å². The maximum absolute atomic E-state index is 12.8. The predicted octanol–water partition coefficient (Wildman–Crippen LogP) is 4.51. The second kappa shape index (κ2) is 8.08. The standard InChI is InChI=1S/C23H22N4O4S/c1-13-11-14(2)20-16(4)21(31-19(20)12-13)22(28)26-17-5-7-18(8-6-17)32(29,30)27-23-24-10-9-15(3)25-23/h5-12H,1-4H3,(H,26,28)(H,24,25,27). The summed E-state index contributed by atoms with van der Waals surface area (Å²) in [4.78, 5) is 20.8. The fourth-order valence-electron chi connectivity index (χ4n) is 3.59. The van der Waals surface area contributed by atoms with Crippen molar-refractivity contribution in [1.29, 1.82) is 0 Å². The number of rotatable bonds is 5. The molecule has 0 saturated heterocycles. The largest absolute Gasteiger partial charge is 0.451 e. The number of hydrogen-bond donors (Lipinski definition) is 2. The van der Waals surface area contributed by atoms with Crippen LogP contribution in [-0.4, -0.2) is 24.3 Å². The molecular formula is C23H22N4O4S. The Hall–Kier alpha value is -3.72. The molecule has 0 saturated carbocycles. The van der Waals surface area contributed by atoms with Gasteiger partial charge in [-0.2, -0.15) is 0 Å². The number of nitrogens with zero attached hydrogens (tertiary/aromatic N) is 2. The predicted molar refractivity (Wildman–Crippen MR) is 122 cm³/mol. The van der Waals surface area contributed by atoms with Crippen LogP contribution < -0.4 is 10.0 Å². The van der Waals surface area contributed by atoms with Crippen molar-refractivity contribution >= 4 is 38.5 Å². The first-order chi connectivity index (χ1) is 15.1. The highest BCUT2D eigenvalue weighted by atomic mass is 32.2. The van der Waals surface area contributed by atoms with Gasteiger partial charge in [0.05, 0.1) is 4.90 Å². The van der Waals surface area contributed by atoms with Gasteiger partial charge in [0.25, 0.3) is 15.9 Å². The van der Waals surface area contributed by atoms with E-state index in [0.717, 1.165) is 22.1 Å². The molecule has 1 amide bonds. The number of aryl methyl sites for hydroxylation is 4. The maximum Gasteiger partial charge on any atom is 0.291 e.